The van der Waals surface area contributed by atoms with Crippen LogP contribution in [0.3, 0.4) is 0 Å². The number of aryl methyl sites for hydroxylation is 2. The van der Waals surface area contributed by atoms with Crippen molar-refractivity contribution in [3.8, 4) is 0 Å². The topological polar surface area (TPSA) is 57.6 Å². The Kier molecular flexibility index (Phi) is 4.12. The first kappa shape index (κ1) is 14.6. The number of nitrogens with zero attached hydrogens (tertiary/aromatic N) is 1. The van der Waals surface area contributed by atoms with Crippen LogP contribution in [0.1, 0.15) is 41.3 Å². The largest absolute Gasteiger partial charge is 0.480 e. The van der Waals surface area contributed by atoms with E-state index in [-0.39, 0.29) is 5.91 Å². The van der Waals surface area contributed by atoms with E-state index in [0.717, 1.165) is 17.5 Å². The van der Waals surface area contributed by atoms with Gasteiger partial charge in [0, 0.05) is 12.1 Å². The fourth-order valence-electron chi connectivity index (χ4n) is 2.83. The first-order valence-electron chi connectivity index (χ1n) is 7.01. The zero-order chi connectivity index (χ0) is 14.9. The molecular weight excluding hydrogens is 254 g/mol. The van der Waals surface area contributed by atoms with Gasteiger partial charge in [-0.3, -0.25) is 4.79 Å². The molecule has 0 saturated carbocycles. The molecule has 1 aromatic carbocycles. The first-order valence-corrected chi connectivity index (χ1v) is 7.01. The third-order valence-corrected chi connectivity index (χ3v) is 4.02. The Bertz CT molecular complexity index is 539. The smallest absolute Gasteiger partial charge is 0.326 e. The maximum atomic E-state index is 12.6. The second kappa shape index (κ2) is 5.65. The van der Waals surface area contributed by atoms with Crippen LogP contribution in [0.2, 0.25) is 0 Å². The predicted octanol–water partition coefficient (Wildman–Crippen LogP) is 2.63. The minimum Gasteiger partial charge on any atom is -0.480 e. The number of hydrogen-bond donors (Lipinski definition) is 1. The number of amides is 1. The molecule has 1 N–H and O–H groups in total. The number of rotatable bonds is 2. The second-order valence-electron chi connectivity index (χ2n) is 5.80. The zero-order valence-corrected chi connectivity index (χ0v) is 12.2. The Morgan fingerprint density at radius 2 is 2.00 bits per heavy atom. The summed E-state index contributed by atoms with van der Waals surface area (Å²) >= 11 is 0. The lowest BCUT2D eigenvalue weighted by Crippen LogP contribution is -2.49. The number of carbonyl (C=O) groups is 2. The number of aliphatic carboxylic acids is 1. The molecule has 1 fully saturated rings. The molecule has 1 aliphatic heterocycles. The molecule has 0 aromatic heterocycles. The molecule has 108 valence electrons. The summed E-state index contributed by atoms with van der Waals surface area (Å²) in [6, 6.07) is 4.94. The van der Waals surface area contributed by atoms with Gasteiger partial charge in [0.05, 0.1) is 0 Å². The summed E-state index contributed by atoms with van der Waals surface area (Å²) in [7, 11) is 0. The SMILES string of the molecule is Cc1ccc(C(=O)N2CCC(C)CC2C(=O)O)c(C)c1. The van der Waals surface area contributed by atoms with Crippen molar-refractivity contribution in [3.63, 3.8) is 0 Å². The Hall–Kier alpha value is -1.84. The van der Waals surface area contributed by atoms with Crippen LogP contribution in [-0.2, 0) is 4.79 Å². The van der Waals surface area contributed by atoms with Crippen LogP contribution in [0, 0.1) is 19.8 Å². The van der Waals surface area contributed by atoms with Gasteiger partial charge in [-0.15, -0.1) is 0 Å². The average molecular weight is 275 g/mol. The summed E-state index contributed by atoms with van der Waals surface area (Å²) in [5.74, 6) is -0.726. The molecule has 1 aliphatic rings. The molecule has 2 unspecified atom stereocenters. The molecule has 1 amide bonds. The van der Waals surface area contributed by atoms with Gasteiger partial charge in [0.15, 0.2) is 0 Å². The van der Waals surface area contributed by atoms with Crippen LogP contribution in [0.4, 0.5) is 0 Å². The molecule has 4 nitrogen and oxygen atoms in total. The van der Waals surface area contributed by atoms with Crippen molar-refractivity contribution in [1.29, 1.82) is 0 Å². The molecule has 0 aliphatic carbocycles. The predicted molar refractivity (Wildman–Crippen MR) is 76.8 cm³/mol. The number of piperidine rings is 1. The van der Waals surface area contributed by atoms with Crippen LogP contribution in [0.5, 0.6) is 0 Å². The number of benzene rings is 1. The molecule has 2 atom stereocenters. The molecule has 0 spiro atoms. The molecule has 1 aromatic rings. The van der Waals surface area contributed by atoms with Gasteiger partial charge in [-0.2, -0.15) is 0 Å². The molecule has 2 rings (SSSR count). The van der Waals surface area contributed by atoms with E-state index in [1.807, 2.05) is 32.9 Å². The Balaban J connectivity index is 2.28. The van der Waals surface area contributed by atoms with E-state index < -0.39 is 12.0 Å². The van der Waals surface area contributed by atoms with Crippen LogP contribution < -0.4 is 0 Å². The van der Waals surface area contributed by atoms with Gasteiger partial charge in [-0.1, -0.05) is 24.6 Å². The summed E-state index contributed by atoms with van der Waals surface area (Å²) < 4.78 is 0. The van der Waals surface area contributed by atoms with Crippen LogP contribution >= 0.6 is 0 Å². The highest BCUT2D eigenvalue weighted by Crippen LogP contribution is 2.25. The first-order chi connectivity index (χ1) is 9.40. The fraction of sp³-hybridized carbons (Fsp3) is 0.500. The van der Waals surface area contributed by atoms with Crippen molar-refractivity contribution in [1.82, 2.24) is 4.90 Å². The highest BCUT2D eigenvalue weighted by atomic mass is 16.4. The van der Waals surface area contributed by atoms with Crippen molar-refractivity contribution < 1.29 is 14.7 Å². The van der Waals surface area contributed by atoms with Crippen molar-refractivity contribution in [2.45, 2.75) is 39.7 Å². The van der Waals surface area contributed by atoms with Gasteiger partial charge in [0.25, 0.3) is 5.91 Å². The maximum absolute atomic E-state index is 12.6. The summed E-state index contributed by atoms with van der Waals surface area (Å²) in [5.41, 5.74) is 2.61. The van der Waals surface area contributed by atoms with Gasteiger partial charge in [0.1, 0.15) is 6.04 Å². The van der Waals surface area contributed by atoms with Gasteiger partial charge < -0.3 is 10.0 Å². The summed E-state index contributed by atoms with van der Waals surface area (Å²) in [5, 5.41) is 9.34. The minimum absolute atomic E-state index is 0.165. The highest BCUT2D eigenvalue weighted by molar-refractivity contribution is 5.98. The third-order valence-electron chi connectivity index (χ3n) is 4.02. The maximum Gasteiger partial charge on any atom is 0.326 e. The molecular formula is C16H21NO3. The lowest BCUT2D eigenvalue weighted by molar-refractivity contribution is -0.144. The van der Waals surface area contributed by atoms with Crippen LogP contribution in [0.15, 0.2) is 18.2 Å². The monoisotopic (exact) mass is 275 g/mol. The van der Waals surface area contributed by atoms with E-state index in [9.17, 15) is 14.7 Å². The zero-order valence-electron chi connectivity index (χ0n) is 12.2. The third kappa shape index (κ3) is 2.84. The van der Waals surface area contributed by atoms with E-state index >= 15 is 0 Å². The van der Waals surface area contributed by atoms with Gasteiger partial charge in [-0.25, -0.2) is 4.79 Å². The Labute approximate surface area is 119 Å². The van der Waals surface area contributed by atoms with E-state index in [1.165, 1.54) is 4.90 Å². The molecule has 0 radical (unpaired) electrons. The van der Waals surface area contributed by atoms with E-state index in [2.05, 4.69) is 0 Å². The average Bonchev–Trinajstić information content (AvgIpc) is 2.37. The number of hydrogen-bond acceptors (Lipinski definition) is 2. The summed E-state index contributed by atoms with van der Waals surface area (Å²) in [6.07, 6.45) is 1.40. The van der Waals surface area contributed by atoms with Crippen molar-refractivity contribution >= 4 is 11.9 Å². The fourth-order valence-corrected chi connectivity index (χ4v) is 2.83. The second-order valence-corrected chi connectivity index (χ2v) is 5.80. The van der Waals surface area contributed by atoms with Gasteiger partial charge >= 0.3 is 5.97 Å². The molecule has 4 heteroatoms. The van der Waals surface area contributed by atoms with E-state index in [0.29, 0.717) is 24.4 Å². The number of carbonyl (C=O) groups excluding carboxylic acids is 1. The lowest BCUT2D eigenvalue weighted by atomic mass is 9.91. The molecule has 0 bridgehead atoms. The number of carboxylic acid groups (broad SMARTS) is 1. The van der Waals surface area contributed by atoms with E-state index in [1.54, 1.807) is 6.07 Å². The van der Waals surface area contributed by atoms with Crippen molar-refractivity contribution in [2.24, 2.45) is 5.92 Å². The molecule has 1 saturated heterocycles. The van der Waals surface area contributed by atoms with Crippen molar-refractivity contribution in [2.75, 3.05) is 6.54 Å². The van der Waals surface area contributed by atoms with Gasteiger partial charge in [-0.05, 0) is 44.2 Å². The van der Waals surface area contributed by atoms with Crippen LogP contribution in [-0.4, -0.2) is 34.5 Å². The van der Waals surface area contributed by atoms with Gasteiger partial charge in [0.2, 0.25) is 0 Å². The van der Waals surface area contributed by atoms with Crippen molar-refractivity contribution in [3.05, 3.63) is 34.9 Å². The van der Waals surface area contributed by atoms with E-state index in [4.69, 9.17) is 0 Å². The normalized spacial score (nSPS) is 22.6. The molecule has 20 heavy (non-hydrogen) atoms. The number of carboxylic acids is 1. The Morgan fingerprint density at radius 1 is 1.30 bits per heavy atom. The lowest BCUT2D eigenvalue weighted by Gasteiger charge is -2.36. The Morgan fingerprint density at radius 3 is 2.60 bits per heavy atom. The quantitative estimate of drug-likeness (QED) is 0.902. The minimum atomic E-state index is -0.908. The summed E-state index contributed by atoms with van der Waals surface area (Å²) in [6.45, 7) is 6.42. The highest BCUT2D eigenvalue weighted by Gasteiger charge is 2.35. The number of likely N-dealkylation sites (tertiary alicyclic amines) is 1. The summed E-state index contributed by atoms with van der Waals surface area (Å²) in [4.78, 5) is 25.5. The molecule has 1 heterocycles. The standard InChI is InChI=1S/C16H21NO3/c1-10-4-5-13(12(3)8-10)15(18)17-7-6-11(2)9-14(17)16(19)20/h4-5,8,11,14H,6-7,9H2,1-3H3,(H,19,20). The van der Waals surface area contributed by atoms with Crippen LogP contribution in [0.25, 0.3) is 0 Å².